The van der Waals surface area contributed by atoms with E-state index in [0.717, 1.165) is 16.7 Å². The fourth-order valence-corrected chi connectivity index (χ4v) is 2.01. The Morgan fingerprint density at radius 1 is 1.55 bits per heavy atom. The van der Waals surface area contributed by atoms with Gasteiger partial charge in [0.05, 0.1) is 5.56 Å². The van der Waals surface area contributed by atoms with E-state index in [9.17, 15) is 18.0 Å². The van der Waals surface area contributed by atoms with Crippen molar-refractivity contribution in [2.45, 2.75) is 12.8 Å². The molecule has 20 heavy (non-hydrogen) atoms. The van der Waals surface area contributed by atoms with Crippen molar-refractivity contribution in [1.29, 1.82) is 5.26 Å². The smallest absolute Gasteiger partial charge is 0.434 e. The van der Waals surface area contributed by atoms with Gasteiger partial charge in [-0.2, -0.15) is 18.4 Å². The molecular formula is C11H6F3N3O2S. The largest absolute Gasteiger partial charge is 0.455 e. The topological polar surface area (TPSA) is 78.8 Å². The molecule has 0 radical (unpaired) electrons. The summed E-state index contributed by atoms with van der Waals surface area (Å²) in [6.45, 7) is -0.355. The first-order valence-electron chi connectivity index (χ1n) is 5.17. The standard InChI is InChI=1S/C11H6F3N3O2S/c12-11(13,14)8-5-20-9(17-8)4-19-10(18)6-1-7(2-15)16-3-6/h1,3,5,16H,4H2. The van der Waals surface area contributed by atoms with Gasteiger partial charge in [0.2, 0.25) is 0 Å². The van der Waals surface area contributed by atoms with Crippen LogP contribution in [0.25, 0.3) is 0 Å². The van der Waals surface area contributed by atoms with Gasteiger partial charge in [-0.1, -0.05) is 0 Å². The van der Waals surface area contributed by atoms with Gasteiger partial charge < -0.3 is 9.72 Å². The van der Waals surface area contributed by atoms with Crippen LogP contribution in [-0.2, 0) is 17.5 Å². The van der Waals surface area contributed by atoms with E-state index in [-0.39, 0.29) is 22.9 Å². The van der Waals surface area contributed by atoms with Gasteiger partial charge in [0, 0.05) is 11.6 Å². The third kappa shape index (κ3) is 3.16. The number of halogens is 3. The molecule has 104 valence electrons. The summed E-state index contributed by atoms with van der Waals surface area (Å²) in [4.78, 5) is 17.4. The maximum Gasteiger partial charge on any atom is 0.434 e. The molecule has 0 saturated heterocycles. The number of nitriles is 1. The number of hydrogen-bond acceptors (Lipinski definition) is 5. The molecule has 0 aliphatic rings. The van der Waals surface area contributed by atoms with Crippen molar-refractivity contribution in [2.75, 3.05) is 0 Å². The lowest BCUT2D eigenvalue weighted by atomic mass is 10.3. The molecule has 0 spiro atoms. The Balaban J connectivity index is 1.97. The third-order valence-electron chi connectivity index (χ3n) is 2.21. The van der Waals surface area contributed by atoms with E-state index in [2.05, 4.69) is 9.97 Å². The first-order chi connectivity index (χ1) is 9.40. The normalized spacial score (nSPS) is 11.1. The highest BCUT2D eigenvalue weighted by Crippen LogP contribution is 2.30. The number of aromatic amines is 1. The predicted molar refractivity (Wildman–Crippen MR) is 61.7 cm³/mol. The Labute approximate surface area is 114 Å². The summed E-state index contributed by atoms with van der Waals surface area (Å²) in [6.07, 6.45) is -3.23. The summed E-state index contributed by atoms with van der Waals surface area (Å²) in [5, 5.41) is 9.47. The number of alkyl halides is 3. The number of hydrogen-bond donors (Lipinski definition) is 1. The van der Waals surface area contributed by atoms with Crippen LogP contribution in [0.3, 0.4) is 0 Å². The highest BCUT2D eigenvalue weighted by molar-refractivity contribution is 7.09. The van der Waals surface area contributed by atoms with Gasteiger partial charge in [0.15, 0.2) is 5.69 Å². The van der Waals surface area contributed by atoms with Crippen molar-refractivity contribution >= 4 is 17.3 Å². The highest BCUT2D eigenvalue weighted by Gasteiger charge is 2.33. The predicted octanol–water partition coefficient (Wildman–Crippen LogP) is 2.72. The molecule has 0 aliphatic carbocycles. The fraction of sp³-hybridized carbons (Fsp3) is 0.182. The highest BCUT2D eigenvalue weighted by atomic mass is 32.1. The van der Waals surface area contributed by atoms with Gasteiger partial charge in [-0.3, -0.25) is 0 Å². The fourth-order valence-electron chi connectivity index (χ4n) is 1.29. The monoisotopic (exact) mass is 301 g/mol. The zero-order valence-corrected chi connectivity index (χ0v) is 10.5. The number of aromatic nitrogens is 2. The molecule has 9 heteroatoms. The molecule has 1 N–H and O–H groups in total. The summed E-state index contributed by atoms with van der Waals surface area (Å²) in [7, 11) is 0. The van der Waals surface area contributed by atoms with Crippen LogP contribution in [0.2, 0.25) is 0 Å². The quantitative estimate of drug-likeness (QED) is 0.884. The van der Waals surface area contributed by atoms with E-state index in [1.54, 1.807) is 6.07 Å². The number of nitrogens with one attached hydrogen (secondary N) is 1. The Hall–Kier alpha value is -2.34. The number of rotatable bonds is 3. The number of esters is 1. The Bertz CT molecular complexity index is 669. The van der Waals surface area contributed by atoms with Crippen LogP contribution < -0.4 is 0 Å². The lowest BCUT2D eigenvalue weighted by molar-refractivity contribution is -0.140. The summed E-state index contributed by atoms with van der Waals surface area (Å²) < 4.78 is 41.7. The number of thiazole rings is 1. The Morgan fingerprint density at radius 2 is 2.30 bits per heavy atom. The maximum absolute atomic E-state index is 12.3. The average molecular weight is 301 g/mol. The van der Waals surface area contributed by atoms with Crippen LogP contribution in [-0.4, -0.2) is 15.9 Å². The molecular weight excluding hydrogens is 295 g/mol. The number of carbonyl (C=O) groups is 1. The van der Waals surface area contributed by atoms with Crippen molar-refractivity contribution in [2.24, 2.45) is 0 Å². The van der Waals surface area contributed by atoms with Gasteiger partial charge in [-0.25, -0.2) is 9.78 Å². The van der Waals surface area contributed by atoms with E-state index in [1.807, 2.05) is 0 Å². The molecule has 0 aliphatic heterocycles. The molecule has 0 bridgehead atoms. The van der Waals surface area contributed by atoms with Crippen LogP contribution in [0.15, 0.2) is 17.6 Å². The molecule has 0 unspecified atom stereocenters. The second-order valence-electron chi connectivity index (χ2n) is 3.61. The third-order valence-corrected chi connectivity index (χ3v) is 3.03. The summed E-state index contributed by atoms with van der Waals surface area (Å²) in [6, 6.07) is 3.08. The SMILES string of the molecule is N#Cc1cc(C(=O)OCc2nc(C(F)(F)F)cs2)c[nH]1. The molecule has 2 rings (SSSR count). The van der Waals surface area contributed by atoms with Crippen molar-refractivity contribution in [1.82, 2.24) is 9.97 Å². The van der Waals surface area contributed by atoms with Crippen molar-refractivity contribution < 1.29 is 22.7 Å². The van der Waals surface area contributed by atoms with Crippen LogP contribution in [0.1, 0.15) is 26.8 Å². The minimum absolute atomic E-state index is 0.0433. The molecule has 0 atom stereocenters. The minimum Gasteiger partial charge on any atom is -0.455 e. The summed E-state index contributed by atoms with van der Waals surface area (Å²) >= 11 is 0.755. The molecule has 5 nitrogen and oxygen atoms in total. The second-order valence-corrected chi connectivity index (χ2v) is 4.56. The number of carbonyl (C=O) groups excluding carboxylic acids is 1. The van der Waals surface area contributed by atoms with E-state index >= 15 is 0 Å². The molecule has 2 aromatic heterocycles. The molecule has 2 aromatic rings. The van der Waals surface area contributed by atoms with E-state index < -0.39 is 17.8 Å². The lowest BCUT2D eigenvalue weighted by Crippen LogP contribution is -2.07. The van der Waals surface area contributed by atoms with Crippen LogP contribution in [0.5, 0.6) is 0 Å². The van der Waals surface area contributed by atoms with Gasteiger partial charge in [0.1, 0.15) is 23.4 Å². The number of ether oxygens (including phenoxy) is 1. The number of H-pyrrole nitrogens is 1. The molecule has 0 saturated carbocycles. The molecule has 0 aromatic carbocycles. The van der Waals surface area contributed by atoms with Crippen LogP contribution in [0.4, 0.5) is 13.2 Å². The maximum atomic E-state index is 12.3. The molecule has 0 fully saturated rings. The van der Waals surface area contributed by atoms with Crippen molar-refractivity contribution in [3.63, 3.8) is 0 Å². The van der Waals surface area contributed by atoms with Gasteiger partial charge in [-0.05, 0) is 6.07 Å². The summed E-state index contributed by atoms with van der Waals surface area (Å²) in [5.74, 6) is -0.744. The molecule has 0 amide bonds. The first kappa shape index (κ1) is 14.1. The first-order valence-corrected chi connectivity index (χ1v) is 6.05. The second kappa shape index (κ2) is 5.34. The average Bonchev–Trinajstić information content (AvgIpc) is 3.04. The lowest BCUT2D eigenvalue weighted by Gasteiger charge is -2.01. The number of nitrogens with zero attached hydrogens (tertiary/aromatic N) is 2. The minimum atomic E-state index is -4.51. The van der Waals surface area contributed by atoms with Crippen molar-refractivity contribution in [3.05, 3.63) is 39.6 Å². The van der Waals surface area contributed by atoms with Gasteiger partial charge in [-0.15, -0.1) is 11.3 Å². The van der Waals surface area contributed by atoms with E-state index in [4.69, 9.17) is 10.00 Å². The Kier molecular flexibility index (Phi) is 3.76. The van der Waals surface area contributed by atoms with Crippen molar-refractivity contribution in [3.8, 4) is 6.07 Å². The van der Waals surface area contributed by atoms with E-state index in [1.165, 1.54) is 12.3 Å². The van der Waals surface area contributed by atoms with E-state index in [0.29, 0.717) is 0 Å². The van der Waals surface area contributed by atoms with Gasteiger partial charge in [0.25, 0.3) is 0 Å². The van der Waals surface area contributed by atoms with Crippen LogP contribution >= 0.6 is 11.3 Å². The zero-order chi connectivity index (χ0) is 14.8. The summed E-state index contributed by atoms with van der Waals surface area (Å²) in [5.41, 5.74) is -0.707. The van der Waals surface area contributed by atoms with Crippen LogP contribution in [0, 0.1) is 11.3 Å². The van der Waals surface area contributed by atoms with Gasteiger partial charge >= 0.3 is 12.1 Å². The zero-order valence-electron chi connectivity index (χ0n) is 9.69. The molecule has 2 heterocycles. The Morgan fingerprint density at radius 3 is 2.85 bits per heavy atom.